The van der Waals surface area contributed by atoms with E-state index in [9.17, 15) is 0 Å². The molecule has 1 saturated heterocycles. The highest BCUT2D eigenvalue weighted by atomic mass is 16.2. The number of aryl methyl sites for hydroxylation is 1. The zero-order valence-corrected chi connectivity index (χ0v) is 18.0. The Kier molecular flexibility index (Phi) is 5.79. The van der Waals surface area contributed by atoms with Gasteiger partial charge in [-0.05, 0) is 69.7 Å². The number of anilines is 3. The molecule has 1 aromatic heterocycles. The number of aliphatic hydroxyl groups excluding tert-OH is 1. The molecule has 1 aliphatic carbocycles. The molecule has 1 fully saturated rings. The summed E-state index contributed by atoms with van der Waals surface area (Å²) in [5, 5.41) is 12.8. The van der Waals surface area contributed by atoms with E-state index >= 15 is 0 Å². The van der Waals surface area contributed by atoms with Gasteiger partial charge in [0.05, 0.1) is 0 Å². The number of aromatic nitrogens is 1. The van der Waals surface area contributed by atoms with E-state index in [2.05, 4.69) is 66.2 Å². The number of hydrogen-bond donors (Lipinski definition) is 2. The van der Waals surface area contributed by atoms with E-state index in [0.29, 0.717) is 6.42 Å². The average Bonchev–Trinajstić information content (AvgIpc) is 3.18. The van der Waals surface area contributed by atoms with Gasteiger partial charge in [0.1, 0.15) is 5.82 Å². The highest BCUT2D eigenvalue weighted by molar-refractivity contribution is 5.69. The van der Waals surface area contributed by atoms with Gasteiger partial charge in [-0.2, -0.15) is 0 Å². The highest BCUT2D eigenvalue weighted by Gasteiger charge is 2.27. The molecule has 29 heavy (non-hydrogen) atoms. The third-order valence-corrected chi connectivity index (χ3v) is 6.22. The van der Waals surface area contributed by atoms with Crippen molar-refractivity contribution >= 4 is 17.2 Å². The Bertz CT molecular complexity index is 833. The summed E-state index contributed by atoms with van der Waals surface area (Å²) in [4.78, 5) is 10.0. The fourth-order valence-corrected chi connectivity index (χ4v) is 4.45. The Balaban J connectivity index is 1.53. The van der Waals surface area contributed by atoms with Crippen LogP contribution in [0.5, 0.6) is 0 Å². The van der Waals surface area contributed by atoms with E-state index in [0.717, 1.165) is 56.1 Å². The first-order valence-corrected chi connectivity index (χ1v) is 10.9. The number of fused-ring (bicyclic) bond motifs is 1. The number of benzene rings is 1. The summed E-state index contributed by atoms with van der Waals surface area (Å²) in [5.41, 5.74) is 6.33. The van der Waals surface area contributed by atoms with Crippen molar-refractivity contribution in [2.75, 3.05) is 43.0 Å². The molecule has 2 heterocycles. The molecule has 0 radical (unpaired) electrons. The molecule has 2 aliphatic rings. The molecule has 0 unspecified atom stereocenters. The second kappa shape index (κ2) is 8.33. The van der Waals surface area contributed by atoms with Crippen LogP contribution in [0.2, 0.25) is 0 Å². The van der Waals surface area contributed by atoms with Crippen LogP contribution in [0.25, 0.3) is 0 Å². The van der Waals surface area contributed by atoms with Gasteiger partial charge in [0.25, 0.3) is 0 Å². The SMILES string of the molecule is CC(C)(C)N1CCN(c2cc(Nc3ccc(CCO)cc3)c3c(n2)CCC3)CC1. The van der Waals surface area contributed by atoms with Crippen molar-refractivity contribution in [1.29, 1.82) is 0 Å². The average molecular weight is 395 g/mol. The first-order chi connectivity index (χ1) is 13.9. The minimum atomic E-state index is 0.191. The maximum absolute atomic E-state index is 9.11. The zero-order valence-electron chi connectivity index (χ0n) is 18.0. The van der Waals surface area contributed by atoms with Crippen LogP contribution >= 0.6 is 0 Å². The first-order valence-electron chi connectivity index (χ1n) is 10.9. The number of nitrogens with one attached hydrogen (secondary N) is 1. The van der Waals surface area contributed by atoms with Crippen molar-refractivity contribution in [3.63, 3.8) is 0 Å². The molecule has 0 bridgehead atoms. The predicted molar refractivity (Wildman–Crippen MR) is 120 cm³/mol. The number of aliphatic hydroxyl groups is 1. The molecule has 2 aromatic rings. The van der Waals surface area contributed by atoms with Gasteiger partial charge in [-0.1, -0.05) is 12.1 Å². The van der Waals surface area contributed by atoms with Gasteiger partial charge in [0.15, 0.2) is 0 Å². The first kappa shape index (κ1) is 20.2. The van der Waals surface area contributed by atoms with Crippen LogP contribution in [0.15, 0.2) is 30.3 Å². The van der Waals surface area contributed by atoms with Gasteiger partial charge < -0.3 is 15.3 Å². The molecule has 156 valence electrons. The van der Waals surface area contributed by atoms with Crippen molar-refractivity contribution in [3.05, 3.63) is 47.2 Å². The summed E-state index contributed by atoms with van der Waals surface area (Å²) < 4.78 is 0. The largest absolute Gasteiger partial charge is 0.396 e. The molecular weight excluding hydrogens is 360 g/mol. The summed E-state index contributed by atoms with van der Waals surface area (Å²) in [5.74, 6) is 1.11. The summed E-state index contributed by atoms with van der Waals surface area (Å²) >= 11 is 0. The minimum Gasteiger partial charge on any atom is -0.396 e. The summed E-state index contributed by atoms with van der Waals surface area (Å²) in [6.07, 6.45) is 4.07. The molecule has 5 nitrogen and oxygen atoms in total. The molecule has 0 saturated carbocycles. The van der Waals surface area contributed by atoms with Gasteiger partial charge in [-0.15, -0.1) is 0 Å². The van der Waals surface area contributed by atoms with E-state index in [-0.39, 0.29) is 12.1 Å². The molecule has 1 aromatic carbocycles. The van der Waals surface area contributed by atoms with Crippen LogP contribution in [-0.2, 0) is 19.3 Å². The predicted octanol–water partition coefficient (Wildman–Crippen LogP) is 3.77. The minimum absolute atomic E-state index is 0.191. The molecule has 1 aliphatic heterocycles. The third kappa shape index (κ3) is 4.57. The Labute approximate surface area is 174 Å². The molecule has 4 rings (SSSR count). The molecular formula is C24H34N4O. The smallest absolute Gasteiger partial charge is 0.130 e. The van der Waals surface area contributed by atoms with Crippen molar-refractivity contribution in [3.8, 4) is 0 Å². The Morgan fingerprint density at radius 2 is 1.76 bits per heavy atom. The number of pyridine rings is 1. The van der Waals surface area contributed by atoms with Gasteiger partial charge in [-0.25, -0.2) is 4.98 Å². The van der Waals surface area contributed by atoms with Crippen molar-refractivity contribution in [2.24, 2.45) is 0 Å². The Morgan fingerprint density at radius 1 is 1.03 bits per heavy atom. The molecule has 0 spiro atoms. The molecule has 2 N–H and O–H groups in total. The number of nitrogens with zero attached hydrogens (tertiary/aromatic N) is 3. The second-order valence-electron chi connectivity index (χ2n) is 9.25. The normalized spacial score (nSPS) is 17.4. The van der Waals surface area contributed by atoms with Crippen LogP contribution in [0, 0.1) is 0 Å². The molecule has 5 heteroatoms. The lowest BCUT2D eigenvalue weighted by Crippen LogP contribution is -2.53. The van der Waals surface area contributed by atoms with Crippen LogP contribution in [0.3, 0.4) is 0 Å². The maximum Gasteiger partial charge on any atom is 0.130 e. The lowest BCUT2D eigenvalue weighted by molar-refractivity contribution is 0.128. The van der Waals surface area contributed by atoms with Crippen LogP contribution in [-0.4, -0.2) is 53.3 Å². The summed E-state index contributed by atoms with van der Waals surface area (Å²) in [6, 6.07) is 10.6. The molecule has 0 atom stereocenters. The van der Waals surface area contributed by atoms with Crippen LogP contribution < -0.4 is 10.2 Å². The summed E-state index contributed by atoms with van der Waals surface area (Å²) in [6.45, 7) is 11.3. The van der Waals surface area contributed by atoms with Crippen LogP contribution in [0.4, 0.5) is 17.2 Å². The van der Waals surface area contributed by atoms with E-state index in [1.807, 2.05) is 0 Å². The standard InChI is InChI=1S/C24H34N4O/c1-24(2,3)28-14-12-27(13-15-28)23-17-22(20-5-4-6-21(20)26-23)25-19-9-7-18(8-10-19)11-16-29/h7-10,17,29H,4-6,11-16H2,1-3H3,(H,25,26). The van der Waals surface area contributed by atoms with Gasteiger partial charge in [0, 0.05) is 61.5 Å². The maximum atomic E-state index is 9.11. The highest BCUT2D eigenvalue weighted by Crippen LogP contribution is 2.33. The topological polar surface area (TPSA) is 51.6 Å². The van der Waals surface area contributed by atoms with E-state index in [1.54, 1.807) is 0 Å². The van der Waals surface area contributed by atoms with Crippen molar-refractivity contribution in [2.45, 2.75) is 52.0 Å². The Hall–Kier alpha value is -2.11. The van der Waals surface area contributed by atoms with Gasteiger partial charge >= 0.3 is 0 Å². The molecule has 0 amide bonds. The second-order valence-corrected chi connectivity index (χ2v) is 9.25. The fraction of sp³-hybridized carbons (Fsp3) is 0.542. The number of rotatable bonds is 5. The van der Waals surface area contributed by atoms with E-state index in [4.69, 9.17) is 10.1 Å². The van der Waals surface area contributed by atoms with Gasteiger partial charge in [-0.3, -0.25) is 4.90 Å². The zero-order chi connectivity index (χ0) is 20.4. The van der Waals surface area contributed by atoms with Crippen LogP contribution in [0.1, 0.15) is 44.0 Å². The fourth-order valence-electron chi connectivity index (χ4n) is 4.45. The summed E-state index contributed by atoms with van der Waals surface area (Å²) in [7, 11) is 0. The number of piperazine rings is 1. The number of hydrogen-bond acceptors (Lipinski definition) is 5. The quantitative estimate of drug-likeness (QED) is 0.809. The third-order valence-electron chi connectivity index (χ3n) is 6.22. The lowest BCUT2D eigenvalue weighted by Gasteiger charge is -2.42. The Morgan fingerprint density at radius 3 is 2.41 bits per heavy atom. The van der Waals surface area contributed by atoms with Gasteiger partial charge in [0.2, 0.25) is 0 Å². The van der Waals surface area contributed by atoms with Crippen molar-refractivity contribution < 1.29 is 5.11 Å². The lowest BCUT2D eigenvalue weighted by atomic mass is 10.0. The van der Waals surface area contributed by atoms with Crippen molar-refractivity contribution in [1.82, 2.24) is 9.88 Å². The van der Waals surface area contributed by atoms with E-state index < -0.39 is 0 Å². The monoisotopic (exact) mass is 394 g/mol. The van der Waals surface area contributed by atoms with E-state index in [1.165, 1.54) is 23.4 Å².